The fourth-order valence-electron chi connectivity index (χ4n) is 2.53. The second-order valence-corrected chi connectivity index (χ2v) is 8.13. The Morgan fingerprint density at radius 1 is 1.46 bits per heavy atom. The van der Waals surface area contributed by atoms with Crippen molar-refractivity contribution in [2.75, 3.05) is 37.7 Å². The SMILES string of the molecule is CCNC(=NCC1CCS(=O)(=O)C1)NCCCOCc1ccco1. The molecule has 1 fully saturated rings. The van der Waals surface area contributed by atoms with E-state index >= 15 is 0 Å². The van der Waals surface area contributed by atoms with Crippen molar-refractivity contribution in [3.8, 4) is 0 Å². The van der Waals surface area contributed by atoms with Crippen molar-refractivity contribution >= 4 is 15.8 Å². The number of guanidine groups is 1. The third-order valence-corrected chi connectivity index (χ3v) is 5.60. The summed E-state index contributed by atoms with van der Waals surface area (Å²) in [7, 11) is -2.84. The van der Waals surface area contributed by atoms with Gasteiger partial charge in [-0.3, -0.25) is 4.99 Å². The molecule has 7 nitrogen and oxygen atoms in total. The van der Waals surface area contributed by atoms with Gasteiger partial charge in [0.25, 0.3) is 0 Å². The molecule has 1 saturated heterocycles. The van der Waals surface area contributed by atoms with Crippen LogP contribution in [0.15, 0.2) is 27.8 Å². The number of hydrogen-bond donors (Lipinski definition) is 2. The van der Waals surface area contributed by atoms with Crippen LogP contribution in [0.5, 0.6) is 0 Å². The highest BCUT2D eigenvalue weighted by molar-refractivity contribution is 7.91. The van der Waals surface area contributed by atoms with Crippen LogP contribution < -0.4 is 10.6 Å². The van der Waals surface area contributed by atoms with Crippen LogP contribution in [0.3, 0.4) is 0 Å². The first-order valence-corrected chi connectivity index (χ1v) is 10.2. The maximum atomic E-state index is 11.5. The summed E-state index contributed by atoms with van der Waals surface area (Å²) in [5.41, 5.74) is 0. The summed E-state index contributed by atoms with van der Waals surface area (Å²) >= 11 is 0. The molecule has 2 N–H and O–H groups in total. The summed E-state index contributed by atoms with van der Waals surface area (Å²) in [5, 5.41) is 6.42. The van der Waals surface area contributed by atoms with Crippen molar-refractivity contribution in [1.82, 2.24) is 10.6 Å². The first kappa shape index (κ1) is 18.8. The first-order valence-electron chi connectivity index (χ1n) is 8.42. The van der Waals surface area contributed by atoms with Crippen LogP contribution in [0.2, 0.25) is 0 Å². The van der Waals surface area contributed by atoms with E-state index in [1.807, 2.05) is 19.1 Å². The first-order chi connectivity index (χ1) is 11.6. The highest BCUT2D eigenvalue weighted by Crippen LogP contribution is 2.18. The third-order valence-electron chi connectivity index (χ3n) is 3.76. The van der Waals surface area contributed by atoms with Crippen molar-refractivity contribution in [1.29, 1.82) is 0 Å². The lowest BCUT2D eigenvalue weighted by molar-refractivity contribution is 0.105. The van der Waals surface area contributed by atoms with E-state index in [0.717, 1.165) is 31.2 Å². The Kier molecular flexibility index (Phi) is 7.58. The second kappa shape index (κ2) is 9.68. The van der Waals surface area contributed by atoms with E-state index in [0.29, 0.717) is 31.9 Å². The molecule has 0 bridgehead atoms. The molecule has 0 saturated carbocycles. The largest absolute Gasteiger partial charge is 0.467 e. The molecular weight excluding hydrogens is 330 g/mol. The number of furan rings is 1. The molecule has 2 heterocycles. The molecule has 1 aromatic heterocycles. The Morgan fingerprint density at radius 3 is 3.00 bits per heavy atom. The molecule has 1 aromatic rings. The lowest BCUT2D eigenvalue weighted by Crippen LogP contribution is -2.38. The van der Waals surface area contributed by atoms with E-state index in [-0.39, 0.29) is 11.7 Å². The maximum absolute atomic E-state index is 11.5. The molecular formula is C16H27N3O4S. The highest BCUT2D eigenvalue weighted by Gasteiger charge is 2.27. The van der Waals surface area contributed by atoms with Crippen LogP contribution in [-0.4, -0.2) is 52.1 Å². The number of nitrogens with zero attached hydrogens (tertiary/aromatic N) is 1. The Labute approximate surface area is 143 Å². The summed E-state index contributed by atoms with van der Waals surface area (Å²) in [5.74, 6) is 2.25. The average molecular weight is 357 g/mol. The van der Waals surface area contributed by atoms with Crippen LogP contribution in [0.1, 0.15) is 25.5 Å². The normalized spacial score (nSPS) is 20.2. The lowest BCUT2D eigenvalue weighted by Gasteiger charge is -2.12. The molecule has 0 amide bonds. The lowest BCUT2D eigenvalue weighted by atomic mass is 10.1. The minimum atomic E-state index is -2.84. The number of nitrogens with one attached hydrogen (secondary N) is 2. The monoisotopic (exact) mass is 357 g/mol. The van der Waals surface area contributed by atoms with Gasteiger partial charge in [0.05, 0.1) is 17.8 Å². The second-order valence-electron chi connectivity index (χ2n) is 5.90. The van der Waals surface area contributed by atoms with Gasteiger partial charge < -0.3 is 19.8 Å². The molecule has 136 valence electrons. The quantitative estimate of drug-likeness (QED) is 0.392. The average Bonchev–Trinajstić information content (AvgIpc) is 3.17. The smallest absolute Gasteiger partial charge is 0.191 e. The predicted octanol–water partition coefficient (Wildman–Crippen LogP) is 1.18. The standard InChI is InChI=1S/C16H27N3O4S/c1-2-17-16(19-11-14-6-10-24(20,21)13-14)18-7-4-8-22-12-15-5-3-9-23-15/h3,5,9,14H,2,4,6-8,10-13H2,1H3,(H2,17,18,19). The molecule has 1 aliphatic heterocycles. The zero-order chi connectivity index (χ0) is 17.3. The molecule has 24 heavy (non-hydrogen) atoms. The Balaban J connectivity index is 1.62. The van der Waals surface area contributed by atoms with E-state index in [9.17, 15) is 8.42 Å². The van der Waals surface area contributed by atoms with Gasteiger partial charge in [-0.25, -0.2) is 8.42 Å². The van der Waals surface area contributed by atoms with Gasteiger partial charge in [-0.05, 0) is 37.8 Å². The van der Waals surface area contributed by atoms with Crippen molar-refractivity contribution in [3.63, 3.8) is 0 Å². The summed E-state index contributed by atoms with van der Waals surface area (Å²) in [6.45, 7) is 5.18. The van der Waals surface area contributed by atoms with Crippen LogP contribution in [-0.2, 0) is 21.2 Å². The Bertz CT molecular complexity index is 599. The van der Waals surface area contributed by atoms with Crippen molar-refractivity contribution in [2.24, 2.45) is 10.9 Å². The molecule has 0 aliphatic carbocycles. The van der Waals surface area contributed by atoms with Gasteiger partial charge in [-0.2, -0.15) is 0 Å². The zero-order valence-electron chi connectivity index (χ0n) is 14.2. The van der Waals surface area contributed by atoms with E-state index in [2.05, 4.69) is 15.6 Å². The summed E-state index contributed by atoms with van der Waals surface area (Å²) in [6.07, 6.45) is 3.20. The zero-order valence-corrected chi connectivity index (χ0v) is 15.0. The van der Waals surface area contributed by atoms with Gasteiger partial charge in [0.1, 0.15) is 12.4 Å². The fourth-order valence-corrected chi connectivity index (χ4v) is 4.38. The molecule has 0 aromatic carbocycles. The Hall–Kier alpha value is -1.54. The fraction of sp³-hybridized carbons (Fsp3) is 0.688. The highest BCUT2D eigenvalue weighted by atomic mass is 32.2. The molecule has 1 unspecified atom stereocenters. The summed E-state index contributed by atoms with van der Waals surface area (Å²) in [6, 6.07) is 3.73. The number of rotatable bonds is 9. The van der Waals surface area contributed by atoms with Gasteiger partial charge >= 0.3 is 0 Å². The molecule has 0 radical (unpaired) electrons. The summed E-state index contributed by atoms with van der Waals surface area (Å²) < 4.78 is 33.7. The van der Waals surface area contributed by atoms with E-state index in [4.69, 9.17) is 9.15 Å². The van der Waals surface area contributed by atoms with Crippen LogP contribution in [0.4, 0.5) is 0 Å². The number of sulfone groups is 1. The Morgan fingerprint density at radius 2 is 2.33 bits per heavy atom. The molecule has 1 atom stereocenters. The topological polar surface area (TPSA) is 92.9 Å². The molecule has 2 rings (SSSR count). The molecule has 8 heteroatoms. The molecule has 1 aliphatic rings. The minimum Gasteiger partial charge on any atom is -0.467 e. The van der Waals surface area contributed by atoms with Gasteiger partial charge in [0.15, 0.2) is 15.8 Å². The third kappa shape index (κ3) is 6.92. The number of aliphatic imine (C=N–C) groups is 1. The van der Waals surface area contributed by atoms with E-state index in [1.165, 1.54) is 0 Å². The predicted molar refractivity (Wildman–Crippen MR) is 93.7 cm³/mol. The van der Waals surface area contributed by atoms with Crippen molar-refractivity contribution in [3.05, 3.63) is 24.2 Å². The molecule has 0 spiro atoms. The van der Waals surface area contributed by atoms with Gasteiger partial charge in [0.2, 0.25) is 0 Å². The van der Waals surface area contributed by atoms with E-state index in [1.54, 1.807) is 6.26 Å². The number of hydrogen-bond acceptors (Lipinski definition) is 5. The maximum Gasteiger partial charge on any atom is 0.191 e. The van der Waals surface area contributed by atoms with E-state index < -0.39 is 9.84 Å². The van der Waals surface area contributed by atoms with Crippen molar-refractivity contribution < 1.29 is 17.6 Å². The van der Waals surface area contributed by atoms with Crippen molar-refractivity contribution in [2.45, 2.75) is 26.4 Å². The van der Waals surface area contributed by atoms with Crippen LogP contribution in [0.25, 0.3) is 0 Å². The minimum absolute atomic E-state index is 0.141. The van der Waals surface area contributed by atoms with Gasteiger partial charge in [0, 0.05) is 26.2 Å². The van der Waals surface area contributed by atoms with Crippen LogP contribution in [0, 0.1) is 5.92 Å². The summed E-state index contributed by atoms with van der Waals surface area (Å²) in [4.78, 5) is 4.49. The van der Waals surface area contributed by atoms with Crippen LogP contribution >= 0.6 is 0 Å². The number of ether oxygens (including phenoxy) is 1. The van der Waals surface area contributed by atoms with Gasteiger partial charge in [-0.15, -0.1) is 0 Å². The van der Waals surface area contributed by atoms with Gasteiger partial charge in [-0.1, -0.05) is 0 Å².